The zero-order chi connectivity index (χ0) is 11.6. The lowest BCUT2D eigenvalue weighted by atomic mass is 9.94. The Morgan fingerprint density at radius 3 is 2.53 bits per heavy atom. The number of thiazole rings is 1. The van der Waals surface area contributed by atoms with Gasteiger partial charge >= 0.3 is 0 Å². The van der Waals surface area contributed by atoms with Crippen LogP contribution in [0.3, 0.4) is 0 Å². The molecule has 0 amide bonds. The molecule has 0 radical (unpaired) electrons. The first-order valence-electron chi connectivity index (χ1n) is 5.02. The topological polar surface area (TPSA) is 40.0 Å². The molecule has 0 aliphatic carbocycles. The zero-order valence-corrected chi connectivity index (χ0v) is 10.9. The lowest BCUT2D eigenvalue weighted by Gasteiger charge is -2.28. The van der Waals surface area contributed by atoms with Crippen LogP contribution in [-0.4, -0.2) is 22.8 Å². The molecule has 1 N–H and O–H groups in total. The highest BCUT2D eigenvalue weighted by Crippen LogP contribution is 2.18. The molecule has 15 heavy (non-hydrogen) atoms. The molecule has 1 rings (SSSR count). The molecule has 1 aromatic heterocycles. The van der Waals surface area contributed by atoms with Gasteiger partial charge < -0.3 is 4.90 Å². The maximum atomic E-state index is 8.00. The second-order valence-electron chi connectivity index (χ2n) is 4.81. The molecule has 0 atom stereocenters. The number of aryl methyl sites for hydroxylation is 1. The summed E-state index contributed by atoms with van der Waals surface area (Å²) in [7, 11) is 1.95. The van der Waals surface area contributed by atoms with E-state index in [0.717, 1.165) is 17.2 Å². The number of amidine groups is 1. The van der Waals surface area contributed by atoms with E-state index in [2.05, 4.69) is 31.1 Å². The van der Waals surface area contributed by atoms with Crippen molar-refractivity contribution in [3.05, 3.63) is 16.1 Å². The molecule has 0 aliphatic rings. The van der Waals surface area contributed by atoms with Crippen molar-refractivity contribution >= 4 is 17.2 Å². The highest BCUT2D eigenvalue weighted by atomic mass is 32.1. The van der Waals surface area contributed by atoms with Gasteiger partial charge in [-0.15, -0.1) is 11.3 Å². The van der Waals surface area contributed by atoms with E-state index in [9.17, 15) is 0 Å². The first-order chi connectivity index (χ1) is 6.80. The van der Waals surface area contributed by atoms with E-state index in [4.69, 9.17) is 5.41 Å². The SMILES string of the molecule is Cc1nc(CN(C)C(=N)C(C)(C)C)cs1. The molecular formula is C11H19N3S. The van der Waals surface area contributed by atoms with E-state index < -0.39 is 0 Å². The average Bonchev–Trinajstić information content (AvgIpc) is 2.48. The lowest BCUT2D eigenvalue weighted by molar-refractivity contribution is 0.414. The minimum Gasteiger partial charge on any atom is -0.357 e. The highest BCUT2D eigenvalue weighted by molar-refractivity contribution is 7.09. The van der Waals surface area contributed by atoms with E-state index in [0.29, 0.717) is 5.84 Å². The van der Waals surface area contributed by atoms with Gasteiger partial charge in [0.1, 0.15) is 5.84 Å². The standard InChI is InChI=1S/C11H19N3S/c1-8-13-9(7-15-8)6-14(5)10(12)11(2,3)4/h7,12H,6H2,1-5H3. The van der Waals surface area contributed by atoms with Crippen LogP contribution in [-0.2, 0) is 6.54 Å². The predicted octanol–water partition coefficient (Wildman–Crippen LogP) is 2.91. The van der Waals surface area contributed by atoms with Gasteiger partial charge in [-0.1, -0.05) is 20.8 Å². The zero-order valence-electron chi connectivity index (χ0n) is 10.1. The summed E-state index contributed by atoms with van der Waals surface area (Å²) in [5.41, 5.74) is 0.953. The van der Waals surface area contributed by atoms with Crippen LogP contribution < -0.4 is 0 Å². The summed E-state index contributed by atoms with van der Waals surface area (Å²) >= 11 is 1.66. The lowest BCUT2D eigenvalue weighted by Crippen LogP contribution is -2.35. The van der Waals surface area contributed by atoms with Crippen molar-refractivity contribution < 1.29 is 0 Å². The number of aromatic nitrogens is 1. The molecule has 1 heterocycles. The first-order valence-corrected chi connectivity index (χ1v) is 5.90. The third-order valence-electron chi connectivity index (χ3n) is 2.16. The Bertz CT molecular complexity index is 349. The second-order valence-corrected chi connectivity index (χ2v) is 5.87. The van der Waals surface area contributed by atoms with Crippen LogP contribution in [0.2, 0.25) is 0 Å². The Hall–Kier alpha value is -0.900. The van der Waals surface area contributed by atoms with E-state index >= 15 is 0 Å². The third-order valence-corrected chi connectivity index (χ3v) is 2.98. The number of rotatable bonds is 2. The summed E-state index contributed by atoms with van der Waals surface area (Å²) in [4.78, 5) is 6.35. The Balaban J connectivity index is 2.64. The minimum absolute atomic E-state index is 0.0974. The van der Waals surface area contributed by atoms with Crippen LogP contribution in [0.4, 0.5) is 0 Å². The van der Waals surface area contributed by atoms with Crippen molar-refractivity contribution in [1.82, 2.24) is 9.88 Å². The van der Waals surface area contributed by atoms with Crippen LogP contribution in [0.1, 0.15) is 31.5 Å². The number of nitrogens with zero attached hydrogens (tertiary/aromatic N) is 2. The van der Waals surface area contributed by atoms with Gasteiger partial charge in [0, 0.05) is 17.8 Å². The van der Waals surface area contributed by atoms with Gasteiger partial charge in [-0.25, -0.2) is 4.98 Å². The normalized spacial score (nSPS) is 11.5. The molecule has 0 aliphatic heterocycles. The molecule has 1 aromatic rings. The monoisotopic (exact) mass is 225 g/mol. The summed E-state index contributed by atoms with van der Waals surface area (Å²) in [6.45, 7) is 8.89. The van der Waals surface area contributed by atoms with Crippen LogP contribution in [0.5, 0.6) is 0 Å². The van der Waals surface area contributed by atoms with Crippen molar-refractivity contribution in [2.75, 3.05) is 7.05 Å². The summed E-state index contributed by atoms with van der Waals surface area (Å²) in [6.07, 6.45) is 0. The molecule has 0 saturated heterocycles. The summed E-state index contributed by atoms with van der Waals surface area (Å²) in [5.74, 6) is 0.646. The van der Waals surface area contributed by atoms with Crippen LogP contribution in [0.25, 0.3) is 0 Å². The fraction of sp³-hybridized carbons (Fsp3) is 0.636. The Morgan fingerprint density at radius 1 is 1.53 bits per heavy atom. The molecule has 0 saturated carbocycles. The largest absolute Gasteiger partial charge is 0.357 e. The molecule has 3 nitrogen and oxygen atoms in total. The van der Waals surface area contributed by atoms with Crippen molar-refractivity contribution in [1.29, 1.82) is 5.41 Å². The molecule has 0 aromatic carbocycles. The first kappa shape index (κ1) is 12.2. The van der Waals surface area contributed by atoms with Crippen molar-refractivity contribution in [3.63, 3.8) is 0 Å². The number of hydrogen-bond donors (Lipinski definition) is 1. The average molecular weight is 225 g/mol. The highest BCUT2D eigenvalue weighted by Gasteiger charge is 2.21. The molecule has 0 unspecified atom stereocenters. The van der Waals surface area contributed by atoms with Gasteiger partial charge in [0.15, 0.2) is 0 Å². The maximum Gasteiger partial charge on any atom is 0.101 e. The summed E-state index contributed by atoms with van der Waals surface area (Å²) < 4.78 is 0. The molecule has 0 spiro atoms. The minimum atomic E-state index is -0.0974. The van der Waals surface area contributed by atoms with E-state index in [1.807, 2.05) is 18.9 Å². The fourth-order valence-electron chi connectivity index (χ4n) is 1.38. The Kier molecular flexibility index (Phi) is 3.50. The van der Waals surface area contributed by atoms with Crippen LogP contribution in [0, 0.1) is 17.7 Å². The van der Waals surface area contributed by atoms with Gasteiger partial charge in [0.05, 0.1) is 17.2 Å². The molecule has 0 bridgehead atoms. The molecule has 84 valence electrons. The van der Waals surface area contributed by atoms with Gasteiger partial charge in [-0.3, -0.25) is 5.41 Å². The van der Waals surface area contributed by atoms with Crippen LogP contribution >= 0.6 is 11.3 Å². The quantitative estimate of drug-likeness (QED) is 0.621. The fourth-order valence-corrected chi connectivity index (χ4v) is 1.98. The summed E-state index contributed by atoms with van der Waals surface area (Å²) in [6, 6.07) is 0. The van der Waals surface area contributed by atoms with Gasteiger partial charge in [0.2, 0.25) is 0 Å². The van der Waals surface area contributed by atoms with E-state index in [1.54, 1.807) is 11.3 Å². The van der Waals surface area contributed by atoms with E-state index in [-0.39, 0.29) is 5.41 Å². The van der Waals surface area contributed by atoms with Gasteiger partial charge in [-0.05, 0) is 6.92 Å². The van der Waals surface area contributed by atoms with Crippen molar-refractivity contribution in [3.8, 4) is 0 Å². The molecular weight excluding hydrogens is 206 g/mol. The molecule has 0 fully saturated rings. The predicted molar refractivity (Wildman–Crippen MR) is 65.5 cm³/mol. The number of nitrogens with one attached hydrogen (secondary N) is 1. The maximum absolute atomic E-state index is 8.00. The number of hydrogen-bond acceptors (Lipinski definition) is 3. The Labute approximate surface area is 95.7 Å². The summed E-state index contributed by atoms with van der Waals surface area (Å²) in [5, 5.41) is 11.1. The van der Waals surface area contributed by atoms with Crippen molar-refractivity contribution in [2.45, 2.75) is 34.2 Å². The van der Waals surface area contributed by atoms with E-state index in [1.165, 1.54) is 0 Å². The van der Waals surface area contributed by atoms with Crippen LogP contribution in [0.15, 0.2) is 5.38 Å². The second kappa shape index (κ2) is 4.31. The smallest absolute Gasteiger partial charge is 0.101 e. The Morgan fingerprint density at radius 2 is 2.13 bits per heavy atom. The third kappa shape index (κ3) is 3.30. The van der Waals surface area contributed by atoms with Crippen molar-refractivity contribution in [2.24, 2.45) is 5.41 Å². The molecule has 4 heteroatoms. The van der Waals surface area contributed by atoms with Gasteiger partial charge in [0.25, 0.3) is 0 Å². The van der Waals surface area contributed by atoms with Gasteiger partial charge in [-0.2, -0.15) is 0 Å².